The lowest BCUT2D eigenvalue weighted by Crippen LogP contribution is -2.41. The molecule has 3 rings (SSSR count). The van der Waals surface area contributed by atoms with Crippen LogP contribution >= 0.6 is 23.2 Å². The summed E-state index contributed by atoms with van der Waals surface area (Å²) in [6.07, 6.45) is 7.02. The monoisotopic (exact) mass is 518 g/mol. The van der Waals surface area contributed by atoms with Crippen molar-refractivity contribution in [3.05, 3.63) is 28.2 Å². The van der Waals surface area contributed by atoms with Crippen molar-refractivity contribution < 1.29 is 17.9 Å². The van der Waals surface area contributed by atoms with Crippen LogP contribution in [0.5, 0.6) is 0 Å². The van der Waals surface area contributed by atoms with Crippen LogP contribution in [0.25, 0.3) is 0 Å². The summed E-state index contributed by atoms with van der Waals surface area (Å²) in [5.41, 5.74) is -0.455. The van der Waals surface area contributed by atoms with Crippen molar-refractivity contribution in [1.82, 2.24) is 9.21 Å². The van der Waals surface area contributed by atoms with Gasteiger partial charge in [-0.05, 0) is 76.5 Å². The Bertz CT molecular complexity index is 917. The van der Waals surface area contributed by atoms with E-state index in [0.29, 0.717) is 29.9 Å². The molecule has 1 amide bonds. The average Bonchev–Trinajstić information content (AvgIpc) is 2.75. The molecule has 0 spiro atoms. The van der Waals surface area contributed by atoms with Gasteiger partial charge in [-0.2, -0.15) is 4.31 Å². The number of piperidine rings is 2. The van der Waals surface area contributed by atoms with Gasteiger partial charge in [-0.25, -0.2) is 13.2 Å². The summed E-state index contributed by atoms with van der Waals surface area (Å²) in [5, 5.41) is 0.573. The van der Waals surface area contributed by atoms with Gasteiger partial charge in [-0.1, -0.05) is 42.5 Å². The van der Waals surface area contributed by atoms with E-state index in [2.05, 4.69) is 0 Å². The first-order chi connectivity index (χ1) is 15.5. The largest absolute Gasteiger partial charge is 0.444 e. The van der Waals surface area contributed by atoms with Crippen molar-refractivity contribution in [3.63, 3.8) is 0 Å². The second-order valence-corrected chi connectivity index (χ2v) is 13.0. The highest BCUT2D eigenvalue weighted by Gasteiger charge is 2.31. The zero-order valence-electron chi connectivity index (χ0n) is 19.9. The molecule has 0 unspecified atom stereocenters. The summed E-state index contributed by atoms with van der Waals surface area (Å²) >= 11 is 12.1. The van der Waals surface area contributed by atoms with E-state index >= 15 is 0 Å². The summed E-state index contributed by atoms with van der Waals surface area (Å²) in [6.45, 7) is 8.25. The van der Waals surface area contributed by atoms with Crippen LogP contribution in [0.4, 0.5) is 4.79 Å². The number of nitrogens with zero attached hydrogens (tertiary/aromatic N) is 2. The Balaban J connectivity index is 1.38. The van der Waals surface area contributed by atoms with Crippen LogP contribution in [-0.4, -0.2) is 55.5 Å². The third-order valence-corrected chi connectivity index (χ3v) is 9.19. The van der Waals surface area contributed by atoms with E-state index in [1.807, 2.05) is 25.7 Å². The molecule has 6 nitrogen and oxygen atoms in total. The van der Waals surface area contributed by atoms with Gasteiger partial charge in [-0.15, -0.1) is 0 Å². The number of rotatable bonds is 6. The Kier molecular flexibility index (Phi) is 8.98. The highest BCUT2D eigenvalue weighted by atomic mass is 35.5. The normalized spacial score (nSPS) is 19.6. The van der Waals surface area contributed by atoms with Crippen LogP contribution in [0.3, 0.4) is 0 Å². The lowest BCUT2D eigenvalue weighted by Gasteiger charge is -2.34. The quantitative estimate of drug-likeness (QED) is 0.448. The van der Waals surface area contributed by atoms with E-state index in [1.54, 1.807) is 6.07 Å². The fourth-order valence-electron chi connectivity index (χ4n) is 4.68. The Labute approximate surface area is 208 Å². The molecule has 2 aliphatic heterocycles. The maximum absolute atomic E-state index is 13.0. The lowest BCUT2D eigenvalue weighted by molar-refractivity contribution is 0.0180. The molecule has 0 saturated carbocycles. The van der Waals surface area contributed by atoms with Gasteiger partial charge < -0.3 is 9.64 Å². The molecule has 9 heteroatoms. The molecule has 1 aromatic carbocycles. The summed E-state index contributed by atoms with van der Waals surface area (Å²) in [5.74, 6) is 1.20. The van der Waals surface area contributed by atoms with Crippen molar-refractivity contribution in [1.29, 1.82) is 0 Å². The van der Waals surface area contributed by atoms with Crippen LogP contribution in [0.15, 0.2) is 23.1 Å². The van der Waals surface area contributed by atoms with Crippen molar-refractivity contribution in [2.75, 3.05) is 26.2 Å². The lowest BCUT2D eigenvalue weighted by atomic mass is 9.87. The van der Waals surface area contributed by atoms with Gasteiger partial charge in [0.25, 0.3) is 0 Å². The van der Waals surface area contributed by atoms with E-state index < -0.39 is 15.6 Å². The second-order valence-electron chi connectivity index (χ2n) is 10.3. The van der Waals surface area contributed by atoms with Gasteiger partial charge in [-0.3, -0.25) is 0 Å². The first-order valence-corrected chi connectivity index (χ1v) is 14.1. The molecular weight excluding hydrogens is 483 g/mol. The summed E-state index contributed by atoms with van der Waals surface area (Å²) < 4.78 is 33.0. The van der Waals surface area contributed by atoms with Gasteiger partial charge >= 0.3 is 6.09 Å². The van der Waals surface area contributed by atoms with Crippen LogP contribution in [0.1, 0.15) is 65.7 Å². The van der Waals surface area contributed by atoms with Gasteiger partial charge in [0, 0.05) is 31.2 Å². The SMILES string of the molecule is CC(C)(C)OC(=O)N1CCC(CCCC2CCN(S(=O)(=O)c3cc(Cl)ccc3Cl)CC2)CC1. The third-order valence-electron chi connectivity index (χ3n) is 6.58. The fourth-order valence-corrected chi connectivity index (χ4v) is 6.89. The van der Waals surface area contributed by atoms with Gasteiger partial charge in [0.15, 0.2) is 0 Å². The van der Waals surface area contributed by atoms with Crippen molar-refractivity contribution in [2.24, 2.45) is 11.8 Å². The zero-order chi connectivity index (χ0) is 24.2. The molecule has 2 aliphatic rings. The molecular formula is C24H36Cl2N2O4S. The summed E-state index contributed by atoms with van der Waals surface area (Å²) in [6, 6.07) is 4.55. The third kappa shape index (κ3) is 7.48. The van der Waals surface area contributed by atoms with Crippen LogP contribution in [0.2, 0.25) is 10.0 Å². The topological polar surface area (TPSA) is 66.9 Å². The predicted octanol–water partition coefficient (Wildman–Crippen LogP) is 6.21. The molecule has 33 heavy (non-hydrogen) atoms. The van der Waals surface area contributed by atoms with Crippen LogP contribution in [-0.2, 0) is 14.8 Å². The molecule has 0 aliphatic carbocycles. The number of hydrogen-bond donors (Lipinski definition) is 0. The molecule has 2 heterocycles. The van der Waals surface area contributed by atoms with Crippen molar-refractivity contribution in [3.8, 4) is 0 Å². The predicted molar refractivity (Wildman–Crippen MR) is 132 cm³/mol. The molecule has 0 aromatic heterocycles. The van der Waals surface area contributed by atoms with E-state index in [-0.39, 0.29) is 16.0 Å². The molecule has 2 fully saturated rings. The van der Waals surface area contributed by atoms with Gasteiger partial charge in [0.2, 0.25) is 10.0 Å². The fraction of sp³-hybridized carbons (Fsp3) is 0.708. The Hall–Kier alpha value is -1.02. The number of carbonyl (C=O) groups excluding carboxylic acids is 1. The van der Waals surface area contributed by atoms with Crippen molar-refractivity contribution in [2.45, 2.75) is 76.2 Å². The number of likely N-dealkylation sites (tertiary alicyclic amines) is 1. The number of hydrogen-bond acceptors (Lipinski definition) is 4. The number of benzene rings is 1. The maximum Gasteiger partial charge on any atom is 0.410 e. The molecule has 0 atom stereocenters. The van der Waals surface area contributed by atoms with E-state index in [0.717, 1.165) is 51.6 Å². The standard InChI is InChI=1S/C24H36Cl2N2O4S/c1-24(2,3)32-23(29)27-13-9-18(10-14-27)5-4-6-19-11-15-28(16-12-19)33(30,31)22-17-20(25)7-8-21(22)26/h7-8,17-19H,4-6,9-16H2,1-3H3. The van der Waals surface area contributed by atoms with Crippen molar-refractivity contribution >= 4 is 39.3 Å². The molecule has 0 radical (unpaired) electrons. The number of amides is 1. The minimum Gasteiger partial charge on any atom is -0.444 e. The van der Waals surface area contributed by atoms with Crippen LogP contribution < -0.4 is 0 Å². The minimum absolute atomic E-state index is 0.0906. The molecule has 186 valence electrons. The van der Waals surface area contributed by atoms with E-state index in [4.69, 9.17) is 27.9 Å². The smallest absolute Gasteiger partial charge is 0.410 e. The molecule has 2 saturated heterocycles. The highest BCUT2D eigenvalue weighted by molar-refractivity contribution is 7.89. The molecule has 0 bridgehead atoms. The first-order valence-electron chi connectivity index (χ1n) is 11.9. The highest BCUT2D eigenvalue weighted by Crippen LogP contribution is 2.32. The summed E-state index contributed by atoms with van der Waals surface area (Å²) in [4.78, 5) is 14.1. The Morgan fingerprint density at radius 1 is 1.00 bits per heavy atom. The summed E-state index contributed by atoms with van der Waals surface area (Å²) in [7, 11) is -3.63. The molecule has 0 N–H and O–H groups in total. The van der Waals surface area contributed by atoms with E-state index in [9.17, 15) is 13.2 Å². The molecule has 1 aromatic rings. The minimum atomic E-state index is -3.63. The zero-order valence-corrected chi connectivity index (χ0v) is 22.2. The van der Waals surface area contributed by atoms with Gasteiger partial charge in [0.1, 0.15) is 10.5 Å². The number of carbonyl (C=O) groups is 1. The van der Waals surface area contributed by atoms with Crippen LogP contribution in [0, 0.1) is 11.8 Å². The number of ether oxygens (including phenoxy) is 1. The van der Waals surface area contributed by atoms with Gasteiger partial charge in [0.05, 0.1) is 5.02 Å². The number of sulfonamides is 1. The Morgan fingerprint density at radius 2 is 1.55 bits per heavy atom. The maximum atomic E-state index is 13.0. The van der Waals surface area contributed by atoms with E-state index in [1.165, 1.54) is 22.9 Å². The Morgan fingerprint density at radius 3 is 2.09 bits per heavy atom. The average molecular weight is 520 g/mol. The number of halogens is 2. The second kappa shape index (κ2) is 11.1. The first kappa shape index (κ1) is 26.6.